The van der Waals surface area contributed by atoms with Gasteiger partial charge in [-0.2, -0.15) is 5.10 Å². The molecule has 11 heteroatoms. The van der Waals surface area contributed by atoms with E-state index in [1.165, 1.54) is 12.1 Å². The molecule has 0 bridgehead atoms. The lowest BCUT2D eigenvalue weighted by molar-refractivity contribution is -0.120. The lowest BCUT2D eigenvalue weighted by Gasteiger charge is -2.19. The summed E-state index contributed by atoms with van der Waals surface area (Å²) in [5, 5.41) is 5.38. The molecule has 1 aromatic heterocycles. The van der Waals surface area contributed by atoms with E-state index in [-0.39, 0.29) is 24.2 Å². The number of aryl methyl sites for hydroxylation is 2. The van der Waals surface area contributed by atoms with Crippen LogP contribution in [-0.4, -0.2) is 41.4 Å². The Kier molecular flexibility index (Phi) is 9.23. The van der Waals surface area contributed by atoms with Crippen LogP contribution in [0.15, 0.2) is 48.5 Å². The molecular weight excluding hydrogens is 569 g/mol. The second-order valence-electron chi connectivity index (χ2n) is 11.4. The van der Waals surface area contributed by atoms with Crippen molar-refractivity contribution in [3.63, 3.8) is 0 Å². The SMILES string of the molecule is CC(C(=O)CCc1cc(C2CC2)nn1-c1cccc(Cl)c1)c1ccc(CCS(=O)(=O)NC(=O)OC(C)(C)C)c(F)c1. The summed E-state index contributed by atoms with van der Waals surface area (Å²) in [7, 11) is -4.03. The fourth-order valence-electron chi connectivity index (χ4n) is 4.44. The van der Waals surface area contributed by atoms with E-state index in [0.29, 0.717) is 22.9 Å². The number of hydrogen-bond donors (Lipinski definition) is 1. The third-order valence-corrected chi connectivity index (χ3v) is 8.27. The van der Waals surface area contributed by atoms with Crippen LogP contribution in [0.25, 0.3) is 5.69 Å². The van der Waals surface area contributed by atoms with E-state index in [1.807, 2.05) is 27.6 Å². The summed E-state index contributed by atoms with van der Waals surface area (Å²) in [6, 6.07) is 13.9. The fraction of sp³-hybridized carbons (Fsp3) is 0.433. The minimum Gasteiger partial charge on any atom is -0.443 e. The molecule has 1 unspecified atom stereocenters. The maximum absolute atomic E-state index is 14.9. The second kappa shape index (κ2) is 12.3. The average molecular weight is 604 g/mol. The predicted molar refractivity (Wildman–Crippen MR) is 156 cm³/mol. The molecule has 0 saturated heterocycles. The summed E-state index contributed by atoms with van der Waals surface area (Å²) in [6.07, 6.45) is 1.70. The van der Waals surface area contributed by atoms with Gasteiger partial charge in [0.1, 0.15) is 17.2 Å². The van der Waals surface area contributed by atoms with Gasteiger partial charge in [0.2, 0.25) is 10.0 Å². The molecule has 0 spiro atoms. The van der Waals surface area contributed by atoms with Crippen molar-refractivity contribution in [2.45, 2.75) is 77.2 Å². The largest absolute Gasteiger partial charge is 0.443 e. The van der Waals surface area contributed by atoms with E-state index >= 15 is 0 Å². The third kappa shape index (κ3) is 8.63. The molecule has 2 aromatic carbocycles. The van der Waals surface area contributed by atoms with E-state index in [9.17, 15) is 22.4 Å². The topological polar surface area (TPSA) is 107 Å². The number of sulfonamides is 1. The van der Waals surface area contributed by atoms with E-state index in [1.54, 1.807) is 39.8 Å². The molecule has 1 amide bonds. The normalized spacial score (nSPS) is 14.5. The minimum atomic E-state index is -4.03. The molecule has 41 heavy (non-hydrogen) atoms. The number of carbonyl (C=O) groups is 2. The third-order valence-electron chi connectivity index (χ3n) is 6.82. The summed E-state index contributed by atoms with van der Waals surface area (Å²) in [5.41, 5.74) is 2.58. The van der Waals surface area contributed by atoms with Gasteiger partial charge in [0, 0.05) is 29.0 Å². The van der Waals surface area contributed by atoms with Crippen molar-refractivity contribution in [1.82, 2.24) is 14.5 Å². The van der Waals surface area contributed by atoms with Crippen LogP contribution in [0.4, 0.5) is 9.18 Å². The van der Waals surface area contributed by atoms with Crippen molar-refractivity contribution in [3.8, 4) is 5.69 Å². The van der Waals surface area contributed by atoms with Gasteiger partial charge < -0.3 is 4.74 Å². The number of ether oxygens (including phenoxy) is 1. The van der Waals surface area contributed by atoms with Crippen LogP contribution in [0.2, 0.25) is 5.02 Å². The van der Waals surface area contributed by atoms with Crippen LogP contribution < -0.4 is 4.72 Å². The number of amides is 1. The molecule has 0 radical (unpaired) electrons. The number of halogens is 2. The van der Waals surface area contributed by atoms with Crippen molar-refractivity contribution in [1.29, 1.82) is 0 Å². The van der Waals surface area contributed by atoms with Crippen molar-refractivity contribution in [3.05, 3.63) is 81.9 Å². The quantitative estimate of drug-likeness (QED) is 0.278. The second-order valence-corrected chi connectivity index (χ2v) is 13.7. The van der Waals surface area contributed by atoms with Gasteiger partial charge in [-0.25, -0.2) is 27.0 Å². The Bertz CT molecular complexity index is 1540. The number of ketones is 1. The van der Waals surface area contributed by atoms with Crippen LogP contribution in [-0.2, 0) is 32.4 Å². The monoisotopic (exact) mass is 603 g/mol. The Balaban J connectivity index is 1.37. The van der Waals surface area contributed by atoms with E-state index in [0.717, 1.165) is 29.9 Å². The summed E-state index contributed by atoms with van der Waals surface area (Å²) >= 11 is 6.19. The minimum absolute atomic E-state index is 0.0481. The molecule has 1 aliphatic rings. The smallest absolute Gasteiger partial charge is 0.421 e. The Morgan fingerprint density at radius 1 is 1.15 bits per heavy atom. The number of hydrogen-bond acceptors (Lipinski definition) is 6. The first-order chi connectivity index (χ1) is 19.2. The van der Waals surface area contributed by atoms with E-state index in [2.05, 4.69) is 6.07 Å². The molecule has 0 aliphatic heterocycles. The van der Waals surface area contributed by atoms with Crippen LogP contribution >= 0.6 is 11.6 Å². The van der Waals surface area contributed by atoms with Crippen molar-refractivity contribution >= 4 is 33.5 Å². The average Bonchev–Trinajstić information content (AvgIpc) is 3.63. The molecule has 1 N–H and O–H groups in total. The van der Waals surface area contributed by atoms with E-state index < -0.39 is 39.2 Å². The summed E-state index contributed by atoms with van der Waals surface area (Å²) in [5.74, 6) is -1.26. The number of aromatic nitrogens is 2. The number of nitrogens with zero attached hydrogens (tertiary/aromatic N) is 2. The van der Waals surface area contributed by atoms with Gasteiger partial charge in [-0.3, -0.25) is 4.79 Å². The van der Waals surface area contributed by atoms with Crippen molar-refractivity contribution in [2.24, 2.45) is 0 Å². The molecular formula is C30H35ClFN3O5S. The van der Waals surface area contributed by atoms with Gasteiger partial charge in [0.25, 0.3) is 0 Å². The van der Waals surface area contributed by atoms with Gasteiger partial charge >= 0.3 is 6.09 Å². The maximum Gasteiger partial charge on any atom is 0.421 e. The lowest BCUT2D eigenvalue weighted by Crippen LogP contribution is -2.37. The summed E-state index contributed by atoms with van der Waals surface area (Å²) in [6.45, 7) is 6.57. The zero-order chi connectivity index (χ0) is 29.9. The predicted octanol–water partition coefficient (Wildman–Crippen LogP) is 6.24. The van der Waals surface area contributed by atoms with Crippen LogP contribution in [0.1, 0.15) is 81.3 Å². The highest BCUT2D eigenvalue weighted by Gasteiger charge is 2.28. The van der Waals surface area contributed by atoms with Crippen molar-refractivity contribution < 1.29 is 27.1 Å². The molecule has 4 rings (SSSR count). The fourth-order valence-corrected chi connectivity index (χ4v) is 5.51. The Morgan fingerprint density at radius 3 is 2.51 bits per heavy atom. The van der Waals surface area contributed by atoms with Gasteiger partial charge in [-0.1, -0.05) is 36.7 Å². The number of carbonyl (C=O) groups excluding carboxylic acids is 2. The zero-order valence-corrected chi connectivity index (χ0v) is 25.2. The number of rotatable bonds is 11. The Morgan fingerprint density at radius 2 is 1.88 bits per heavy atom. The lowest BCUT2D eigenvalue weighted by atomic mass is 9.92. The highest BCUT2D eigenvalue weighted by Crippen LogP contribution is 2.40. The van der Waals surface area contributed by atoms with Gasteiger partial charge in [0.05, 0.1) is 17.1 Å². The van der Waals surface area contributed by atoms with Gasteiger partial charge in [-0.05, 0) is 87.9 Å². The molecule has 8 nitrogen and oxygen atoms in total. The molecule has 1 heterocycles. The van der Waals surface area contributed by atoms with Crippen LogP contribution in [0.5, 0.6) is 0 Å². The molecule has 1 atom stereocenters. The van der Waals surface area contributed by atoms with Crippen LogP contribution in [0, 0.1) is 5.82 Å². The van der Waals surface area contributed by atoms with Crippen LogP contribution in [0.3, 0.4) is 0 Å². The summed E-state index contributed by atoms with van der Waals surface area (Å²) < 4.78 is 48.0. The van der Waals surface area contributed by atoms with Gasteiger partial charge in [0.15, 0.2) is 0 Å². The maximum atomic E-state index is 14.9. The zero-order valence-electron chi connectivity index (χ0n) is 23.6. The first-order valence-electron chi connectivity index (χ1n) is 13.6. The number of nitrogens with one attached hydrogen (secondary N) is 1. The standard InChI is InChI=1S/C30H35ClFN3O5S/c1-19(22-11-8-20(26(32)16-22)14-15-41(38,39)34-29(37)40-30(2,3)4)28(36)13-12-25-18-27(21-9-10-21)33-35(25)24-7-5-6-23(31)17-24/h5-8,11,16-19,21H,9-10,12-15H2,1-4H3,(H,34,37). The van der Waals surface area contributed by atoms with Crippen molar-refractivity contribution in [2.75, 3.05) is 5.75 Å². The molecule has 220 valence electrons. The molecule has 3 aromatic rings. The Labute approximate surface area is 245 Å². The number of benzene rings is 2. The first-order valence-corrected chi connectivity index (χ1v) is 15.6. The highest BCUT2D eigenvalue weighted by atomic mass is 35.5. The highest BCUT2D eigenvalue weighted by molar-refractivity contribution is 7.90. The molecule has 1 fully saturated rings. The molecule has 1 saturated carbocycles. The number of Topliss-reactive ketones (excluding diaryl/α,β-unsaturated/α-hetero) is 1. The summed E-state index contributed by atoms with van der Waals surface area (Å²) in [4.78, 5) is 24.9. The first kappa shape index (κ1) is 30.7. The van der Waals surface area contributed by atoms with Gasteiger partial charge in [-0.15, -0.1) is 0 Å². The van der Waals surface area contributed by atoms with E-state index in [4.69, 9.17) is 21.4 Å². The molecule has 1 aliphatic carbocycles. The Hall–Kier alpha value is -3.24.